The number of anilines is 1. The summed E-state index contributed by atoms with van der Waals surface area (Å²) in [6, 6.07) is 9.25. The first-order valence-electron chi connectivity index (χ1n) is 8.22. The van der Waals surface area contributed by atoms with E-state index in [1.54, 1.807) is 25.1 Å². The van der Waals surface area contributed by atoms with E-state index in [1.807, 2.05) is 0 Å². The number of fused-ring (bicyclic) bond motifs is 1. The summed E-state index contributed by atoms with van der Waals surface area (Å²) in [6.07, 6.45) is 2.73. The molecule has 0 aromatic heterocycles. The Balaban J connectivity index is 1.50. The number of hydrogen-bond acceptors (Lipinski definition) is 7. The van der Waals surface area contributed by atoms with Gasteiger partial charge < -0.3 is 19.5 Å². The summed E-state index contributed by atoms with van der Waals surface area (Å²) >= 11 is 0. The fraction of sp³-hybridized carbons (Fsp3) is 0.158. The molecule has 0 radical (unpaired) electrons. The van der Waals surface area contributed by atoms with Gasteiger partial charge in [0.2, 0.25) is 6.79 Å². The number of amides is 1. The van der Waals surface area contributed by atoms with Crippen molar-refractivity contribution in [3.05, 3.63) is 63.7 Å². The maximum Gasteiger partial charge on any atom is 0.331 e. The number of rotatable bonds is 6. The summed E-state index contributed by atoms with van der Waals surface area (Å²) < 4.78 is 15.3. The van der Waals surface area contributed by atoms with Crippen molar-refractivity contribution in [1.82, 2.24) is 0 Å². The molecule has 0 spiro atoms. The van der Waals surface area contributed by atoms with Gasteiger partial charge in [-0.2, -0.15) is 0 Å². The van der Waals surface area contributed by atoms with E-state index in [2.05, 4.69) is 5.32 Å². The number of esters is 1. The van der Waals surface area contributed by atoms with Gasteiger partial charge in [0, 0.05) is 23.9 Å². The van der Waals surface area contributed by atoms with E-state index < -0.39 is 23.4 Å². The maximum atomic E-state index is 11.9. The molecule has 28 heavy (non-hydrogen) atoms. The summed E-state index contributed by atoms with van der Waals surface area (Å²) in [5.74, 6) is -0.0127. The predicted molar refractivity (Wildman–Crippen MR) is 99.0 cm³/mol. The average molecular weight is 384 g/mol. The first-order chi connectivity index (χ1) is 13.4. The molecule has 0 unspecified atom stereocenters. The Morgan fingerprint density at radius 1 is 1.21 bits per heavy atom. The van der Waals surface area contributed by atoms with Crippen molar-refractivity contribution in [3.63, 3.8) is 0 Å². The topological polar surface area (TPSA) is 117 Å². The molecule has 3 rings (SSSR count). The van der Waals surface area contributed by atoms with E-state index in [9.17, 15) is 19.7 Å². The van der Waals surface area contributed by atoms with Gasteiger partial charge in [0.1, 0.15) is 0 Å². The van der Waals surface area contributed by atoms with Crippen LogP contribution in [-0.4, -0.2) is 30.2 Å². The zero-order valence-electron chi connectivity index (χ0n) is 14.8. The molecule has 144 valence electrons. The van der Waals surface area contributed by atoms with Gasteiger partial charge in [-0.05, 0) is 42.3 Å². The molecule has 0 saturated heterocycles. The molecule has 0 atom stereocenters. The smallest absolute Gasteiger partial charge is 0.331 e. The first-order valence-corrected chi connectivity index (χ1v) is 8.22. The highest BCUT2D eigenvalue weighted by Crippen LogP contribution is 2.32. The zero-order valence-corrected chi connectivity index (χ0v) is 14.8. The third-order valence-electron chi connectivity index (χ3n) is 3.85. The van der Waals surface area contributed by atoms with Gasteiger partial charge >= 0.3 is 5.97 Å². The lowest BCUT2D eigenvalue weighted by Gasteiger charge is -2.08. The fourth-order valence-corrected chi connectivity index (χ4v) is 2.45. The molecule has 9 heteroatoms. The van der Waals surface area contributed by atoms with Crippen molar-refractivity contribution in [1.29, 1.82) is 0 Å². The van der Waals surface area contributed by atoms with Crippen molar-refractivity contribution >= 4 is 29.3 Å². The molecule has 2 aromatic rings. The van der Waals surface area contributed by atoms with Crippen LogP contribution in [0.25, 0.3) is 6.08 Å². The van der Waals surface area contributed by atoms with Crippen LogP contribution < -0.4 is 14.8 Å². The molecule has 1 aliphatic rings. The number of ether oxygens (including phenoxy) is 3. The average Bonchev–Trinajstić information content (AvgIpc) is 3.14. The summed E-state index contributed by atoms with van der Waals surface area (Å²) in [6.45, 7) is 1.30. The summed E-state index contributed by atoms with van der Waals surface area (Å²) in [5, 5.41) is 13.3. The van der Waals surface area contributed by atoms with Crippen LogP contribution in [0.1, 0.15) is 11.1 Å². The zero-order chi connectivity index (χ0) is 20.1. The van der Waals surface area contributed by atoms with E-state index in [4.69, 9.17) is 14.2 Å². The quantitative estimate of drug-likeness (QED) is 0.352. The van der Waals surface area contributed by atoms with E-state index >= 15 is 0 Å². The van der Waals surface area contributed by atoms with Crippen molar-refractivity contribution < 1.29 is 28.7 Å². The Bertz CT molecular complexity index is 969. The number of hydrogen-bond donors (Lipinski definition) is 1. The molecule has 0 fully saturated rings. The number of carbonyl (C=O) groups excluding carboxylic acids is 2. The Morgan fingerprint density at radius 3 is 2.75 bits per heavy atom. The number of nitrogens with zero attached hydrogens (tertiary/aromatic N) is 1. The van der Waals surface area contributed by atoms with Crippen LogP contribution in [0.5, 0.6) is 11.5 Å². The molecule has 1 N–H and O–H groups in total. The largest absolute Gasteiger partial charge is 0.454 e. The van der Waals surface area contributed by atoms with Crippen LogP contribution in [0, 0.1) is 17.0 Å². The molecular formula is C19H16N2O7. The number of benzene rings is 2. The summed E-state index contributed by atoms with van der Waals surface area (Å²) in [7, 11) is 0. The molecule has 0 aliphatic carbocycles. The Kier molecular flexibility index (Phi) is 5.54. The minimum atomic E-state index is -0.687. The second-order valence-electron chi connectivity index (χ2n) is 5.86. The third-order valence-corrected chi connectivity index (χ3v) is 3.85. The molecule has 0 bridgehead atoms. The minimum absolute atomic E-state index is 0.0735. The first kappa shape index (κ1) is 18.9. The molecule has 0 saturated carbocycles. The fourth-order valence-electron chi connectivity index (χ4n) is 2.45. The highest BCUT2D eigenvalue weighted by molar-refractivity contribution is 5.95. The Hall–Kier alpha value is -3.88. The Morgan fingerprint density at radius 2 is 2.00 bits per heavy atom. The van der Waals surface area contributed by atoms with Gasteiger partial charge in [0.15, 0.2) is 18.1 Å². The van der Waals surface area contributed by atoms with E-state index in [0.717, 1.165) is 0 Å². The Labute approximate surface area is 159 Å². The molecule has 1 aliphatic heterocycles. The van der Waals surface area contributed by atoms with Crippen LogP contribution in [0.2, 0.25) is 0 Å². The van der Waals surface area contributed by atoms with Crippen molar-refractivity contribution in [2.45, 2.75) is 6.92 Å². The number of carbonyl (C=O) groups is 2. The maximum absolute atomic E-state index is 11.9. The van der Waals surface area contributed by atoms with Crippen molar-refractivity contribution in [3.8, 4) is 11.5 Å². The number of non-ortho nitro benzene ring substituents is 1. The molecular weight excluding hydrogens is 368 g/mol. The van der Waals surface area contributed by atoms with Crippen molar-refractivity contribution in [2.24, 2.45) is 0 Å². The van der Waals surface area contributed by atoms with Crippen LogP contribution in [0.15, 0.2) is 42.5 Å². The SMILES string of the molecule is Cc1cc([N+](=O)[O-])ccc1NC(=O)COC(=O)/C=C/c1ccc2c(c1)OCO2. The monoisotopic (exact) mass is 384 g/mol. The lowest BCUT2D eigenvalue weighted by atomic mass is 10.2. The number of aryl methyl sites for hydroxylation is 1. The van der Waals surface area contributed by atoms with Crippen LogP contribution >= 0.6 is 0 Å². The molecule has 1 heterocycles. The van der Waals surface area contributed by atoms with E-state index in [0.29, 0.717) is 28.3 Å². The van der Waals surface area contributed by atoms with Crippen molar-refractivity contribution in [2.75, 3.05) is 18.7 Å². The number of nitro benzene ring substituents is 1. The van der Waals surface area contributed by atoms with Gasteiger partial charge in [-0.1, -0.05) is 6.07 Å². The lowest BCUT2D eigenvalue weighted by Crippen LogP contribution is -2.20. The highest BCUT2D eigenvalue weighted by Gasteiger charge is 2.13. The van der Waals surface area contributed by atoms with Gasteiger partial charge in [-0.3, -0.25) is 14.9 Å². The van der Waals surface area contributed by atoms with Gasteiger partial charge in [-0.15, -0.1) is 0 Å². The number of nitro groups is 1. The summed E-state index contributed by atoms with van der Waals surface area (Å²) in [5.41, 5.74) is 1.57. The normalized spacial score (nSPS) is 12.0. The van der Waals surface area contributed by atoms with E-state index in [1.165, 1.54) is 30.4 Å². The van der Waals surface area contributed by atoms with Gasteiger partial charge in [0.25, 0.3) is 11.6 Å². The van der Waals surface area contributed by atoms with Gasteiger partial charge in [0.05, 0.1) is 4.92 Å². The highest BCUT2D eigenvalue weighted by atomic mass is 16.7. The van der Waals surface area contributed by atoms with Crippen LogP contribution in [0.4, 0.5) is 11.4 Å². The predicted octanol–water partition coefficient (Wildman–Crippen LogP) is 2.83. The molecule has 1 amide bonds. The summed E-state index contributed by atoms with van der Waals surface area (Å²) in [4.78, 5) is 33.9. The standard InChI is InChI=1S/C19H16N2O7/c1-12-8-14(21(24)25)4-5-15(12)20-18(22)10-26-19(23)7-3-13-2-6-16-17(9-13)28-11-27-16/h2-9H,10-11H2,1H3,(H,20,22)/b7-3+. The molecule has 9 nitrogen and oxygen atoms in total. The molecule has 2 aromatic carbocycles. The minimum Gasteiger partial charge on any atom is -0.454 e. The van der Waals surface area contributed by atoms with Gasteiger partial charge in [-0.25, -0.2) is 4.79 Å². The third kappa shape index (κ3) is 4.64. The second kappa shape index (κ2) is 8.21. The second-order valence-corrected chi connectivity index (χ2v) is 5.86. The van der Waals surface area contributed by atoms with Crippen LogP contribution in [0.3, 0.4) is 0 Å². The van der Waals surface area contributed by atoms with Crippen LogP contribution in [-0.2, 0) is 14.3 Å². The lowest BCUT2D eigenvalue weighted by molar-refractivity contribution is -0.384. The number of nitrogens with one attached hydrogen (secondary N) is 1. The van der Waals surface area contributed by atoms with E-state index in [-0.39, 0.29) is 12.5 Å².